The summed E-state index contributed by atoms with van der Waals surface area (Å²) >= 11 is 0. The maximum absolute atomic E-state index is 12.5. The van der Waals surface area contributed by atoms with E-state index in [1.54, 1.807) is 13.8 Å². The maximum atomic E-state index is 12.5. The molecular formula is C12H21F3N2O. The van der Waals surface area contributed by atoms with E-state index in [1.807, 2.05) is 13.8 Å². The molecule has 0 spiro atoms. The minimum absolute atomic E-state index is 0.227. The van der Waals surface area contributed by atoms with Crippen LogP contribution in [0.3, 0.4) is 0 Å². The van der Waals surface area contributed by atoms with Gasteiger partial charge in [0, 0.05) is 0 Å². The lowest BCUT2D eigenvalue weighted by Crippen LogP contribution is -2.44. The topological polar surface area (TPSA) is 32.3 Å². The van der Waals surface area contributed by atoms with Crippen molar-refractivity contribution in [1.82, 2.24) is 10.2 Å². The van der Waals surface area contributed by atoms with Gasteiger partial charge in [-0.1, -0.05) is 20.8 Å². The molecule has 0 aromatic rings. The van der Waals surface area contributed by atoms with E-state index in [0.717, 1.165) is 4.90 Å². The molecule has 1 fully saturated rings. The number of carbonyl (C=O) groups is 1. The number of alkyl halides is 3. The molecule has 1 saturated heterocycles. The zero-order chi connectivity index (χ0) is 14.1. The highest BCUT2D eigenvalue weighted by Crippen LogP contribution is 2.29. The van der Waals surface area contributed by atoms with Crippen LogP contribution in [0.1, 0.15) is 40.5 Å². The van der Waals surface area contributed by atoms with Crippen LogP contribution < -0.4 is 5.32 Å². The summed E-state index contributed by atoms with van der Waals surface area (Å²) < 4.78 is 37.6. The molecular weight excluding hydrogens is 245 g/mol. The lowest BCUT2D eigenvalue weighted by molar-refractivity contribution is -0.162. The summed E-state index contributed by atoms with van der Waals surface area (Å²) in [6.07, 6.45) is -3.87. The van der Waals surface area contributed by atoms with Gasteiger partial charge in [-0.05, 0) is 25.7 Å². The molecule has 0 bridgehead atoms. The van der Waals surface area contributed by atoms with Crippen molar-refractivity contribution in [2.45, 2.75) is 58.4 Å². The van der Waals surface area contributed by atoms with Crippen molar-refractivity contribution in [2.75, 3.05) is 6.54 Å². The first-order valence-corrected chi connectivity index (χ1v) is 6.24. The Kier molecular flexibility index (Phi) is 4.30. The molecule has 0 radical (unpaired) electrons. The SMILES string of the molecule is CCC1(C)NC(CC(C)C)N(CC(F)(F)F)C1=O. The summed E-state index contributed by atoms with van der Waals surface area (Å²) in [6, 6.07) is 0. The molecule has 18 heavy (non-hydrogen) atoms. The maximum Gasteiger partial charge on any atom is 0.406 e. The van der Waals surface area contributed by atoms with Crippen LogP contribution >= 0.6 is 0 Å². The largest absolute Gasteiger partial charge is 0.406 e. The van der Waals surface area contributed by atoms with E-state index in [-0.39, 0.29) is 5.92 Å². The molecule has 2 atom stereocenters. The van der Waals surface area contributed by atoms with E-state index in [2.05, 4.69) is 5.32 Å². The number of carbonyl (C=O) groups excluding carboxylic acids is 1. The molecule has 1 aliphatic rings. The molecule has 0 aliphatic carbocycles. The van der Waals surface area contributed by atoms with Crippen LogP contribution in [-0.2, 0) is 4.79 Å². The van der Waals surface area contributed by atoms with Gasteiger partial charge in [0.15, 0.2) is 0 Å². The van der Waals surface area contributed by atoms with Crippen molar-refractivity contribution in [2.24, 2.45) is 5.92 Å². The number of rotatable bonds is 4. The van der Waals surface area contributed by atoms with Crippen LogP contribution in [0.15, 0.2) is 0 Å². The second-order valence-electron chi connectivity index (χ2n) is 5.52. The molecule has 1 amide bonds. The highest BCUT2D eigenvalue weighted by Gasteiger charge is 2.49. The van der Waals surface area contributed by atoms with Crippen LogP contribution in [0.25, 0.3) is 0 Å². The van der Waals surface area contributed by atoms with Gasteiger partial charge in [-0.15, -0.1) is 0 Å². The monoisotopic (exact) mass is 266 g/mol. The van der Waals surface area contributed by atoms with Crippen LogP contribution in [0.5, 0.6) is 0 Å². The number of amides is 1. The Morgan fingerprint density at radius 3 is 2.39 bits per heavy atom. The van der Waals surface area contributed by atoms with E-state index in [4.69, 9.17) is 0 Å². The van der Waals surface area contributed by atoms with Crippen LogP contribution in [0.4, 0.5) is 13.2 Å². The van der Waals surface area contributed by atoms with Gasteiger partial charge < -0.3 is 4.90 Å². The quantitative estimate of drug-likeness (QED) is 0.848. The lowest BCUT2D eigenvalue weighted by atomic mass is 9.99. The van der Waals surface area contributed by atoms with Crippen LogP contribution in [0.2, 0.25) is 0 Å². The zero-order valence-electron chi connectivity index (χ0n) is 11.3. The third-order valence-electron chi connectivity index (χ3n) is 3.35. The highest BCUT2D eigenvalue weighted by molar-refractivity contribution is 5.88. The van der Waals surface area contributed by atoms with Gasteiger partial charge in [0.25, 0.3) is 0 Å². The Bertz CT molecular complexity index is 317. The van der Waals surface area contributed by atoms with E-state index in [1.165, 1.54) is 0 Å². The Balaban J connectivity index is 2.90. The van der Waals surface area contributed by atoms with Crippen molar-refractivity contribution in [3.05, 3.63) is 0 Å². The Morgan fingerprint density at radius 1 is 1.44 bits per heavy atom. The van der Waals surface area contributed by atoms with Gasteiger partial charge in [-0.2, -0.15) is 13.2 Å². The summed E-state index contributed by atoms with van der Waals surface area (Å²) in [6.45, 7) is 6.15. The molecule has 6 heteroatoms. The highest BCUT2D eigenvalue weighted by atomic mass is 19.4. The fraction of sp³-hybridized carbons (Fsp3) is 0.917. The summed E-state index contributed by atoms with van der Waals surface area (Å²) in [5, 5.41) is 3.05. The minimum atomic E-state index is -4.36. The molecule has 0 aromatic heterocycles. The van der Waals surface area contributed by atoms with E-state index >= 15 is 0 Å². The molecule has 0 aromatic carbocycles. The summed E-state index contributed by atoms with van der Waals surface area (Å²) in [5.74, 6) is -0.224. The third kappa shape index (κ3) is 3.37. The summed E-state index contributed by atoms with van der Waals surface area (Å²) in [7, 11) is 0. The number of halogens is 3. The van der Waals surface area contributed by atoms with Crippen molar-refractivity contribution in [3.8, 4) is 0 Å². The molecule has 1 N–H and O–H groups in total. The second kappa shape index (κ2) is 5.07. The van der Waals surface area contributed by atoms with Gasteiger partial charge in [0.2, 0.25) is 5.91 Å². The molecule has 0 saturated carbocycles. The first kappa shape index (κ1) is 15.3. The predicted octanol–water partition coefficient (Wildman–Crippen LogP) is 2.52. The average Bonchev–Trinajstić information content (AvgIpc) is 2.41. The second-order valence-corrected chi connectivity index (χ2v) is 5.52. The Labute approximate surface area is 106 Å². The molecule has 106 valence electrons. The number of nitrogens with zero attached hydrogens (tertiary/aromatic N) is 1. The van der Waals surface area contributed by atoms with Crippen molar-refractivity contribution in [3.63, 3.8) is 0 Å². The summed E-state index contributed by atoms with van der Waals surface area (Å²) in [4.78, 5) is 13.0. The van der Waals surface area contributed by atoms with Crippen molar-refractivity contribution >= 4 is 5.91 Å². The standard InChI is InChI=1S/C12H21F3N2O/c1-5-11(4)10(18)17(7-12(13,14)15)9(16-11)6-8(2)3/h8-9,16H,5-7H2,1-4H3. The zero-order valence-corrected chi connectivity index (χ0v) is 11.3. The number of nitrogens with one attached hydrogen (secondary N) is 1. The number of hydrogen-bond donors (Lipinski definition) is 1. The van der Waals surface area contributed by atoms with Gasteiger partial charge in [0.1, 0.15) is 6.54 Å². The van der Waals surface area contributed by atoms with E-state index < -0.39 is 30.3 Å². The predicted molar refractivity (Wildman–Crippen MR) is 62.8 cm³/mol. The normalized spacial score (nSPS) is 29.4. The smallest absolute Gasteiger partial charge is 0.316 e. The molecule has 3 nitrogen and oxygen atoms in total. The Morgan fingerprint density at radius 2 is 2.00 bits per heavy atom. The van der Waals surface area contributed by atoms with Gasteiger partial charge in [0.05, 0.1) is 11.7 Å². The third-order valence-corrected chi connectivity index (χ3v) is 3.35. The minimum Gasteiger partial charge on any atom is -0.316 e. The fourth-order valence-corrected chi connectivity index (χ4v) is 2.23. The van der Waals surface area contributed by atoms with Gasteiger partial charge in [-0.3, -0.25) is 10.1 Å². The van der Waals surface area contributed by atoms with Crippen LogP contribution in [-0.4, -0.2) is 35.2 Å². The lowest BCUT2D eigenvalue weighted by Gasteiger charge is -2.26. The Hall–Kier alpha value is -0.780. The molecule has 1 heterocycles. The van der Waals surface area contributed by atoms with Crippen molar-refractivity contribution in [1.29, 1.82) is 0 Å². The van der Waals surface area contributed by atoms with Gasteiger partial charge in [-0.25, -0.2) is 0 Å². The molecule has 1 rings (SSSR count). The van der Waals surface area contributed by atoms with Crippen LogP contribution in [0, 0.1) is 5.92 Å². The van der Waals surface area contributed by atoms with E-state index in [0.29, 0.717) is 12.8 Å². The summed E-state index contributed by atoms with van der Waals surface area (Å²) in [5.41, 5.74) is -0.870. The van der Waals surface area contributed by atoms with Crippen molar-refractivity contribution < 1.29 is 18.0 Å². The average molecular weight is 266 g/mol. The molecule has 1 aliphatic heterocycles. The number of hydrogen-bond acceptors (Lipinski definition) is 2. The first-order chi connectivity index (χ1) is 8.09. The first-order valence-electron chi connectivity index (χ1n) is 6.24. The van der Waals surface area contributed by atoms with E-state index in [9.17, 15) is 18.0 Å². The molecule has 2 unspecified atom stereocenters. The van der Waals surface area contributed by atoms with Gasteiger partial charge >= 0.3 is 6.18 Å². The fourth-order valence-electron chi connectivity index (χ4n) is 2.23.